The van der Waals surface area contributed by atoms with Crippen LogP contribution in [-0.2, 0) is 0 Å². The SMILES string of the molecule is CC1CCN(CCC(C)(C)O)CC1CN. The Morgan fingerprint density at radius 1 is 1.47 bits per heavy atom. The molecule has 1 fully saturated rings. The summed E-state index contributed by atoms with van der Waals surface area (Å²) in [5, 5.41) is 9.67. The van der Waals surface area contributed by atoms with Crippen molar-refractivity contribution in [1.29, 1.82) is 0 Å². The average Bonchev–Trinajstić information content (AvgIpc) is 2.15. The second-order valence-corrected chi connectivity index (χ2v) is 5.62. The fourth-order valence-electron chi connectivity index (χ4n) is 2.17. The van der Waals surface area contributed by atoms with Crippen molar-refractivity contribution in [3.63, 3.8) is 0 Å². The van der Waals surface area contributed by atoms with E-state index in [0.29, 0.717) is 5.92 Å². The van der Waals surface area contributed by atoms with Crippen molar-refractivity contribution in [2.75, 3.05) is 26.2 Å². The minimum absolute atomic E-state index is 0.540. The first-order valence-corrected chi connectivity index (χ1v) is 6.07. The van der Waals surface area contributed by atoms with Crippen LogP contribution in [0.5, 0.6) is 0 Å². The monoisotopic (exact) mass is 214 g/mol. The standard InChI is InChI=1S/C12H26N2O/c1-10-4-6-14(9-11(10)8-13)7-5-12(2,3)15/h10-11,15H,4-9,13H2,1-3H3. The maximum atomic E-state index is 9.67. The Morgan fingerprint density at radius 2 is 2.13 bits per heavy atom. The molecule has 0 aliphatic carbocycles. The summed E-state index contributed by atoms with van der Waals surface area (Å²) in [5.74, 6) is 1.40. The highest BCUT2D eigenvalue weighted by Crippen LogP contribution is 2.23. The molecule has 1 rings (SSSR count). The molecule has 3 heteroatoms. The van der Waals surface area contributed by atoms with E-state index >= 15 is 0 Å². The predicted octanol–water partition coefficient (Wildman–Crippen LogP) is 1.06. The number of nitrogens with two attached hydrogens (primary N) is 1. The highest BCUT2D eigenvalue weighted by molar-refractivity contribution is 4.80. The van der Waals surface area contributed by atoms with Gasteiger partial charge in [-0.2, -0.15) is 0 Å². The first-order chi connectivity index (χ1) is 6.92. The van der Waals surface area contributed by atoms with Crippen molar-refractivity contribution in [1.82, 2.24) is 4.90 Å². The van der Waals surface area contributed by atoms with Gasteiger partial charge in [-0.1, -0.05) is 6.92 Å². The van der Waals surface area contributed by atoms with Gasteiger partial charge in [0.05, 0.1) is 5.60 Å². The van der Waals surface area contributed by atoms with Crippen LogP contribution in [0.15, 0.2) is 0 Å². The van der Waals surface area contributed by atoms with Gasteiger partial charge in [0, 0.05) is 13.1 Å². The number of hydrogen-bond acceptors (Lipinski definition) is 3. The van der Waals surface area contributed by atoms with Gasteiger partial charge >= 0.3 is 0 Å². The summed E-state index contributed by atoms with van der Waals surface area (Å²) in [6.07, 6.45) is 2.09. The second-order valence-electron chi connectivity index (χ2n) is 5.62. The van der Waals surface area contributed by atoms with E-state index in [0.717, 1.165) is 38.5 Å². The summed E-state index contributed by atoms with van der Waals surface area (Å²) in [7, 11) is 0. The van der Waals surface area contributed by atoms with Crippen molar-refractivity contribution in [2.45, 2.75) is 39.2 Å². The number of hydrogen-bond donors (Lipinski definition) is 2. The Morgan fingerprint density at radius 3 is 2.67 bits per heavy atom. The lowest BCUT2D eigenvalue weighted by Gasteiger charge is -2.37. The van der Waals surface area contributed by atoms with Gasteiger partial charge in [-0.3, -0.25) is 0 Å². The molecule has 0 aromatic rings. The molecule has 0 spiro atoms. The maximum absolute atomic E-state index is 9.67. The van der Waals surface area contributed by atoms with Crippen LogP contribution in [-0.4, -0.2) is 41.8 Å². The van der Waals surface area contributed by atoms with Gasteiger partial charge in [-0.25, -0.2) is 0 Å². The lowest BCUT2D eigenvalue weighted by Crippen LogP contribution is -2.44. The minimum atomic E-state index is -0.540. The first-order valence-electron chi connectivity index (χ1n) is 6.07. The summed E-state index contributed by atoms with van der Waals surface area (Å²) in [6.45, 7) is 10.1. The maximum Gasteiger partial charge on any atom is 0.0603 e. The molecular formula is C12H26N2O. The molecular weight excluding hydrogens is 188 g/mol. The second kappa shape index (κ2) is 5.28. The molecule has 1 aliphatic heterocycles. The fourth-order valence-corrected chi connectivity index (χ4v) is 2.17. The van der Waals surface area contributed by atoms with Crippen molar-refractivity contribution in [2.24, 2.45) is 17.6 Å². The van der Waals surface area contributed by atoms with Crippen LogP contribution in [0.25, 0.3) is 0 Å². The van der Waals surface area contributed by atoms with E-state index in [1.54, 1.807) is 0 Å². The normalized spacial score (nSPS) is 29.4. The molecule has 0 amide bonds. The van der Waals surface area contributed by atoms with Gasteiger partial charge in [0.25, 0.3) is 0 Å². The molecule has 2 atom stereocenters. The predicted molar refractivity (Wildman–Crippen MR) is 63.7 cm³/mol. The number of likely N-dealkylation sites (tertiary alicyclic amines) is 1. The summed E-state index contributed by atoms with van der Waals surface area (Å²) < 4.78 is 0. The molecule has 15 heavy (non-hydrogen) atoms. The molecule has 0 aromatic heterocycles. The minimum Gasteiger partial charge on any atom is -0.390 e. The largest absolute Gasteiger partial charge is 0.390 e. The fraction of sp³-hybridized carbons (Fsp3) is 1.00. The number of aliphatic hydroxyl groups is 1. The van der Waals surface area contributed by atoms with Crippen LogP contribution >= 0.6 is 0 Å². The van der Waals surface area contributed by atoms with E-state index in [4.69, 9.17) is 5.73 Å². The molecule has 2 unspecified atom stereocenters. The number of piperidine rings is 1. The van der Waals surface area contributed by atoms with E-state index < -0.39 is 5.60 Å². The molecule has 0 saturated carbocycles. The van der Waals surface area contributed by atoms with E-state index in [1.807, 2.05) is 13.8 Å². The summed E-state index contributed by atoms with van der Waals surface area (Å²) in [6, 6.07) is 0. The van der Waals surface area contributed by atoms with Gasteiger partial charge in [0.1, 0.15) is 0 Å². The summed E-state index contributed by atoms with van der Waals surface area (Å²) in [4.78, 5) is 2.44. The van der Waals surface area contributed by atoms with Crippen LogP contribution < -0.4 is 5.73 Å². The molecule has 3 nitrogen and oxygen atoms in total. The summed E-state index contributed by atoms with van der Waals surface area (Å²) in [5.41, 5.74) is 5.22. The average molecular weight is 214 g/mol. The van der Waals surface area contributed by atoms with Crippen LogP contribution in [0.1, 0.15) is 33.6 Å². The molecule has 1 heterocycles. The van der Waals surface area contributed by atoms with Crippen molar-refractivity contribution in [3.05, 3.63) is 0 Å². The zero-order valence-corrected chi connectivity index (χ0v) is 10.4. The van der Waals surface area contributed by atoms with Crippen LogP contribution in [0.2, 0.25) is 0 Å². The van der Waals surface area contributed by atoms with E-state index in [9.17, 15) is 5.11 Å². The number of rotatable bonds is 4. The van der Waals surface area contributed by atoms with E-state index in [-0.39, 0.29) is 0 Å². The van der Waals surface area contributed by atoms with E-state index in [2.05, 4.69) is 11.8 Å². The van der Waals surface area contributed by atoms with Crippen LogP contribution in [0.3, 0.4) is 0 Å². The van der Waals surface area contributed by atoms with Crippen LogP contribution in [0.4, 0.5) is 0 Å². The molecule has 3 N–H and O–H groups in total. The van der Waals surface area contributed by atoms with Gasteiger partial charge in [0.15, 0.2) is 0 Å². The molecule has 0 bridgehead atoms. The highest BCUT2D eigenvalue weighted by atomic mass is 16.3. The third-order valence-corrected chi connectivity index (χ3v) is 3.54. The lowest BCUT2D eigenvalue weighted by atomic mass is 9.87. The zero-order chi connectivity index (χ0) is 11.5. The van der Waals surface area contributed by atoms with Crippen molar-refractivity contribution in [3.8, 4) is 0 Å². The molecule has 0 radical (unpaired) electrons. The third kappa shape index (κ3) is 4.49. The Hall–Kier alpha value is -0.120. The topological polar surface area (TPSA) is 49.5 Å². The van der Waals surface area contributed by atoms with Gasteiger partial charge in [-0.15, -0.1) is 0 Å². The van der Waals surface area contributed by atoms with E-state index in [1.165, 1.54) is 6.42 Å². The van der Waals surface area contributed by atoms with Crippen LogP contribution in [0, 0.1) is 11.8 Å². The van der Waals surface area contributed by atoms with Gasteiger partial charge < -0.3 is 15.7 Å². The molecule has 0 aromatic carbocycles. The highest BCUT2D eigenvalue weighted by Gasteiger charge is 2.25. The zero-order valence-electron chi connectivity index (χ0n) is 10.4. The Kier molecular flexibility index (Phi) is 4.56. The van der Waals surface area contributed by atoms with Crippen molar-refractivity contribution >= 4 is 0 Å². The molecule has 90 valence electrons. The Bertz CT molecular complexity index is 189. The van der Waals surface area contributed by atoms with Gasteiger partial charge in [0.2, 0.25) is 0 Å². The number of nitrogens with zero attached hydrogens (tertiary/aromatic N) is 1. The lowest BCUT2D eigenvalue weighted by molar-refractivity contribution is 0.0454. The van der Waals surface area contributed by atoms with Gasteiger partial charge in [-0.05, 0) is 51.6 Å². The third-order valence-electron chi connectivity index (χ3n) is 3.54. The smallest absolute Gasteiger partial charge is 0.0603 e. The molecule has 1 aliphatic rings. The molecule has 1 saturated heterocycles. The Labute approximate surface area is 93.6 Å². The Balaban J connectivity index is 2.32. The summed E-state index contributed by atoms with van der Waals surface area (Å²) >= 11 is 0. The first kappa shape index (κ1) is 12.9. The van der Waals surface area contributed by atoms with Crippen molar-refractivity contribution < 1.29 is 5.11 Å². The quantitative estimate of drug-likeness (QED) is 0.736.